The number of nitrogens with zero attached hydrogens (tertiary/aromatic N) is 1. The van der Waals surface area contributed by atoms with Gasteiger partial charge in [-0.25, -0.2) is 0 Å². The van der Waals surface area contributed by atoms with Crippen LogP contribution in [0.2, 0.25) is 0 Å². The van der Waals surface area contributed by atoms with Crippen molar-refractivity contribution in [1.82, 2.24) is 4.90 Å². The van der Waals surface area contributed by atoms with Crippen molar-refractivity contribution >= 4 is 5.91 Å². The molecule has 0 atom stereocenters. The minimum atomic E-state index is -0.216. The van der Waals surface area contributed by atoms with Crippen molar-refractivity contribution in [2.75, 3.05) is 13.1 Å². The van der Waals surface area contributed by atoms with Gasteiger partial charge in [0.15, 0.2) is 0 Å². The van der Waals surface area contributed by atoms with Gasteiger partial charge in [-0.3, -0.25) is 4.79 Å². The van der Waals surface area contributed by atoms with Gasteiger partial charge in [-0.1, -0.05) is 37.5 Å². The molecule has 1 fully saturated rings. The number of aliphatic hydroxyl groups excluding tert-OH is 1. The Morgan fingerprint density at radius 2 is 1.60 bits per heavy atom. The predicted molar refractivity (Wildman–Crippen MR) is 98.5 cm³/mol. The summed E-state index contributed by atoms with van der Waals surface area (Å²) in [5.74, 6) is 0.170. The van der Waals surface area contributed by atoms with E-state index in [0.717, 1.165) is 37.1 Å². The van der Waals surface area contributed by atoms with Crippen LogP contribution in [0.1, 0.15) is 48.0 Å². The van der Waals surface area contributed by atoms with Gasteiger partial charge in [0.25, 0.3) is 5.91 Å². The second-order valence-electron chi connectivity index (χ2n) is 6.64. The van der Waals surface area contributed by atoms with E-state index in [2.05, 4.69) is 0 Å². The van der Waals surface area contributed by atoms with E-state index >= 15 is 0 Å². The Hall–Kier alpha value is -2.33. The van der Waals surface area contributed by atoms with Crippen LogP contribution >= 0.6 is 0 Å². The van der Waals surface area contributed by atoms with Gasteiger partial charge >= 0.3 is 0 Å². The molecule has 1 heterocycles. The zero-order valence-electron chi connectivity index (χ0n) is 14.4. The summed E-state index contributed by atoms with van der Waals surface area (Å²) >= 11 is 0. The highest BCUT2D eigenvalue weighted by Crippen LogP contribution is 2.27. The summed E-state index contributed by atoms with van der Waals surface area (Å²) in [4.78, 5) is 14.8. The van der Waals surface area contributed by atoms with Crippen LogP contribution in [-0.4, -0.2) is 34.1 Å². The quantitative estimate of drug-likeness (QED) is 0.890. The van der Waals surface area contributed by atoms with E-state index in [1.165, 1.54) is 19.3 Å². The van der Waals surface area contributed by atoms with Crippen molar-refractivity contribution in [2.24, 2.45) is 0 Å². The Morgan fingerprint density at radius 3 is 2.32 bits per heavy atom. The molecule has 0 saturated carbocycles. The van der Waals surface area contributed by atoms with Crippen molar-refractivity contribution in [1.29, 1.82) is 0 Å². The first kappa shape index (κ1) is 17.5. The highest BCUT2D eigenvalue weighted by atomic mass is 16.3. The lowest BCUT2D eigenvalue weighted by atomic mass is 10.00. The fraction of sp³-hybridized carbons (Fsp3) is 0.381. The number of likely N-dealkylation sites (tertiary alicyclic amines) is 1. The summed E-state index contributed by atoms with van der Waals surface area (Å²) in [6, 6.07) is 12.7. The molecule has 25 heavy (non-hydrogen) atoms. The van der Waals surface area contributed by atoms with Crippen molar-refractivity contribution in [3.8, 4) is 16.9 Å². The average Bonchev–Trinajstić information content (AvgIpc) is 2.61. The molecule has 2 aromatic carbocycles. The third-order valence-corrected chi connectivity index (χ3v) is 4.84. The number of hydrogen-bond donors (Lipinski definition) is 2. The molecular weight excluding hydrogens is 314 g/mol. The molecule has 0 aromatic heterocycles. The molecule has 4 heteroatoms. The molecule has 3 rings (SSSR count). The van der Waals surface area contributed by atoms with Crippen molar-refractivity contribution in [3.63, 3.8) is 0 Å². The van der Waals surface area contributed by atoms with Crippen molar-refractivity contribution in [2.45, 2.75) is 38.7 Å². The maximum absolute atomic E-state index is 12.9. The fourth-order valence-corrected chi connectivity index (χ4v) is 3.36. The Balaban J connectivity index is 1.84. The van der Waals surface area contributed by atoms with Crippen LogP contribution in [0.5, 0.6) is 5.75 Å². The first-order valence-corrected chi connectivity index (χ1v) is 9.01. The molecule has 1 aliphatic rings. The number of carbonyl (C=O) groups is 1. The second-order valence-corrected chi connectivity index (χ2v) is 6.64. The number of phenols is 1. The zero-order chi connectivity index (χ0) is 17.6. The molecule has 132 valence electrons. The van der Waals surface area contributed by atoms with Crippen LogP contribution in [0.4, 0.5) is 0 Å². The van der Waals surface area contributed by atoms with Crippen LogP contribution in [-0.2, 0) is 6.61 Å². The molecule has 2 N–H and O–H groups in total. The summed E-state index contributed by atoms with van der Waals surface area (Å²) in [6.45, 7) is 1.44. The van der Waals surface area contributed by atoms with Gasteiger partial charge in [0.1, 0.15) is 5.75 Å². The molecule has 0 aliphatic carbocycles. The smallest absolute Gasteiger partial charge is 0.253 e. The summed E-state index contributed by atoms with van der Waals surface area (Å²) in [5, 5.41) is 19.1. The molecule has 1 aliphatic heterocycles. The van der Waals surface area contributed by atoms with Gasteiger partial charge in [-0.05, 0) is 48.2 Å². The monoisotopic (exact) mass is 339 g/mol. The molecular formula is C21H25NO3. The summed E-state index contributed by atoms with van der Waals surface area (Å²) in [5.41, 5.74) is 2.96. The molecule has 2 aromatic rings. The van der Waals surface area contributed by atoms with Crippen molar-refractivity contribution in [3.05, 3.63) is 53.6 Å². The van der Waals surface area contributed by atoms with Crippen molar-refractivity contribution < 1.29 is 15.0 Å². The number of benzene rings is 2. The lowest BCUT2D eigenvalue weighted by Crippen LogP contribution is -2.33. The van der Waals surface area contributed by atoms with E-state index in [4.69, 9.17) is 0 Å². The van der Waals surface area contributed by atoms with Gasteiger partial charge in [0.2, 0.25) is 0 Å². The number of aromatic hydroxyl groups is 1. The lowest BCUT2D eigenvalue weighted by Gasteiger charge is -2.25. The Kier molecular flexibility index (Phi) is 5.71. The SMILES string of the molecule is O=C(c1cccc(-c2ccc(O)c(CO)c2)c1)N1CCCCCCC1. The Morgan fingerprint density at radius 1 is 0.920 bits per heavy atom. The molecule has 0 spiro atoms. The van der Waals surface area contributed by atoms with Crippen LogP contribution in [0.25, 0.3) is 11.1 Å². The van der Waals surface area contributed by atoms with Gasteiger partial charge in [-0.15, -0.1) is 0 Å². The molecule has 1 amide bonds. The largest absolute Gasteiger partial charge is 0.508 e. The topological polar surface area (TPSA) is 60.8 Å². The summed E-state index contributed by atoms with van der Waals surface area (Å²) in [6.07, 6.45) is 5.81. The predicted octanol–water partition coefficient (Wildman–Crippen LogP) is 3.96. The lowest BCUT2D eigenvalue weighted by molar-refractivity contribution is 0.0742. The van der Waals surface area contributed by atoms with E-state index in [1.807, 2.05) is 29.2 Å². The van der Waals surface area contributed by atoms with E-state index in [-0.39, 0.29) is 18.3 Å². The highest BCUT2D eigenvalue weighted by Gasteiger charge is 2.17. The minimum Gasteiger partial charge on any atom is -0.508 e. The molecule has 0 radical (unpaired) electrons. The fourth-order valence-electron chi connectivity index (χ4n) is 3.36. The number of aliphatic hydroxyl groups is 1. The van der Waals surface area contributed by atoms with E-state index in [1.54, 1.807) is 18.2 Å². The van der Waals surface area contributed by atoms with Crippen LogP contribution < -0.4 is 0 Å². The van der Waals surface area contributed by atoms with Gasteiger partial charge in [0.05, 0.1) is 6.61 Å². The zero-order valence-corrected chi connectivity index (χ0v) is 14.4. The maximum Gasteiger partial charge on any atom is 0.253 e. The van der Waals surface area contributed by atoms with Gasteiger partial charge in [-0.2, -0.15) is 0 Å². The first-order valence-electron chi connectivity index (χ1n) is 9.01. The first-order chi connectivity index (χ1) is 12.2. The average molecular weight is 339 g/mol. The van der Waals surface area contributed by atoms with E-state index < -0.39 is 0 Å². The van der Waals surface area contributed by atoms with Crippen LogP contribution in [0.3, 0.4) is 0 Å². The Bertz CT molecular complexity index is 734. The maximum atomic E-state index is 12.9. The Labute approximate surface area is 148 Å². The van der Waals surface area contributed by atoms with E-state index in [9.17, 15) is 15.0 Å². The third-order valence-electron chi connectivity index (χ3n) is 4.84. The summed E-state index contributed by atoms with van der Waals surface area (Å²) < 4.78 is 0. The molecule has 0 bridgehead atoms. The number of carbonyl (C=O) groups excluding carboxylic acids is 1. The number of amides is 1. The van der Waals surface area contributed by atoms with Crippen LogP contribution in [0.15, 0.2) is 42.5 Å². The standard InChI is InChI=1S/C21H25NO3/c23-15-19-14-17(9-10-20(19)24)16-7-6-8-18(13-16)21(25)22-11-4-2-1-3-5-12-22/h6-10,13-14,23-24H,1-5,11-12,15H2. The van der Waals surface area contributed by atoms with Crippen LogP contribution in [0, 0.1) is 0 Å². The highest BCUT2D eigenvalue weighted by molar-refractivity contribution is 5.95. The molecule has 0 unspecified atom stereocenters. The number of hydrogen-bond acceptors (Lipinski definition) is 3. The van der Waals surface area contributed by atoms with Gasteiger partial charge in [0, 0.05) is 24.2 Å². The van der Waals surface area contributed by atoms with Gasteiger partial charge < -0.3 is 15.1 Å². The summed E-state index contributed by atoms with van der Waals surface area (Å²) in [7, 11) is 0. The molecule has 4 nitrogen and oxygen atoms in total. The molecule has 1 saturated heterocycles. The number of rotatable bonds is 3. The normalized spacial score (nSPS) is 15.5. The van der Waals surface area contributed by atoms with E-state index in [0.29, 0.717) is 11.1 Å². The minimum absolute atomic E-state index is 0.0825. The second kappa shape index (κ2) is 8.17. The third kappa shape index (κ3) is 4.20.